The molecule has 0 fully saturated rings. The number of aromatic nitrogens is 2. The minimum absolute atomic E-state index is 0.0706. The van der Waals surface area contributed by atoms with Gasteiger partial charge in [0.15, 0.2) is 0 Å². The summed E-state index contributed by atoms with van der Waals surface area (Å²) in [5, 5.41) is 0.774. The first-order valence-corrected chi connectivity index (χ1v) is 8.27. The Balaban J connectivity index is 2.79. The van der Waals surface area contributed by atoms with E-state index in [1.807, 2.05) is 18.2 Å². The molecule has 2 aromatic rings. The molecule has 0 bridgehead atoms. The van der Waals surface area contributed by atoms with Gasteiger partial charge < -0.3 is 4.57 Å². The molecule has 0 saturated carbocycles. The molecule has 110 valence electrons. The second kappa shape index (κ2) is 6.36. The lowest BCUT2D eigenvalue weighted by molar-refractivity contribution is 0.251. The summed E-state index contributed by atoms with van der Waals surface area (Å²) in [5.41, 5.74) is 2.10. The number of fused-ring (bicyclic) bond motifs is 1. The average molecular weight is 313 g/mol. The van der Waals surface area contributed by atoms with Crippen LogP contribution >= 0.6 is 23.2 Å². The van der Waals surface area contributed by atoms with Crippen LogP contribution in [0.5, 0.6) is 0 Å². The lowest BCUT2D eigenvalue weighted by Crippen LogP contribution is -2.33. The van der Waals surface area contributed by atoms with Crippen molar-refractivity contribution in [3.8, 4) is 0 Å². The summed E-state index contributed by atoms with van der Waals surface area (Å²) in [6.07, 6.45) is 3.96. The number of rotatable bonds is 6. The summed E-state index contributed by atoms with van der Waals surface area (Å²) in [6.45, 7) is 6.71. The van der Waals surface area contributed by atoms with E-state index in [4.69, 9.17) is 28.2 Å². The Labute approximate surface area is 131 Å². The van der Waals surface area contributed by atoms with Crippen LogP contribution in [0.15, 0.2) is 18.2 Å². The maximum atomic E-state index is 6.46. The van der Waals surface area contributed by atoms with Crippen LogP contribution in [-0.4, -0.2) is 15.4 Å². The van der Waals surface area contributed by atoms with Gasteiger partial charge in [0.05, 0.1) is 16.1 Å². The molecule has 0 N–H and O–H groups in total. The number of alkyl halides is 1. The van der Waals surface area contributed by atoms with Gasteiger partial charge in [0, 0.05) is 17.8 Å². The van der Waals surface area contributed by atoms with E-state index in [2.05, 4.69) is 25.3 Å². The van der Waals surface area contributed by atoms with Crippen LogP contribution in [0.2, 0.25) is 5.02 Å². The maximum Gasteiger partial charge on any atom is 0.111 e. The van der Waals surface area contributed by atoms with Crippen molar-refractivity contribution in [2.45, 2.75) is 52.0 Å². The zero-order valence-corrected chi connectivity index (χ0v) is 13.9. The van der Waals surface area contributed by atoms with E-state index in [1.165, 1.54) is 0 Å². The van der Waals surface area contributed by atoms with Crippen LogP contribution in [0.4, 0.5) is 0 Å². The zero-order valence-electron chi connectivity index (χ0n) is 12.4. The van der Waals surface area contributed by atoms with Crippen molar-refractivity contribution in [3.05, 3.63) is 29.0 Å². The molecule has 0 unspecified atom stereocenters. The minimum atomic E-state index is 0.0706. The predicted molar refractivity (Wildman–Crippen MR) is 88.0 cm³/mol. The van der Waals surface area contributed by atoms with Gasteiger partial charge in [-0.3, -0.25) is 0 Å². The molecular weight excluding hydrogens is 291 g/mol. The van der Waals surface area contributed by atoms with Crippen molar-refractivity contribution in [1.82, 2.24) is 9.55 Å². The standard InChI is InChI=1S/C16H22Cl2N2/c1-4-16(5-2,6-3)20-14(10-11-17)19-13-9-7-8-12(18)15(13)20/h7-9H,4-6,10-11H2,1-3H3. The number of hydrogen-bond acceptors (Lipinski definition) is 1. The third kappa shape index (κ3) is 2.44. The van der Waals surface area contributed by atoms with Crippen molar-refractivity contribution < 1.29 is 0 Å². The summed E-state index contributed by atoms with van der Waals surface area (Å²) in [7, 11) is 0. The molecule has 0 saturated heterocycles. The third-order valence-electron chi connectivity index (χ3n) is 4.46. The molecule has 2 rings (SSSR count). The van der Waals surface area contributed by atoms with Crippen molar-refractivity contribution in [2.75, 3.05) is 5.88 Å². The monoisotopic (exact) mass is 312 g/mol. The summed E-state index contributed by atoms with van der Waals surface area (Å²) < 4.78 is 2.35. The summed E-state index contributed by atoms with van der Waals surface area (Å²) in [5.74, 6) is 1.63. The van der Waals surface area contributed by atoms with Gasteiger partial charge in [0.2, 0.25) is 0 Å². The molecule has 0 spiro atoms. The normalized spacial score (nSPS) is 12.2. The number of hydrogen-bond donors (Lipinski definition) is 0. The molecule has 1 aromatic heterocycles. The quantitative estimate of drug-likeness (QED) is 0.653. The zero-order chi connectivity index (χ0) is 14.8. The van der Waals surface area contributed by atoms with Gasteiger partial charge in [-0.05, 0) is 31.4 Å². The van der Waals surface area contributed by atoms with Gasteiger partial charge >= 0.3 is 0 Å². The number of para-hydroxylation sites is 1. The summed E-state index contributed by atoms with van der Waals surface area (Å²) in [6, 6.07) is 5.93. The van der Waals surface area contributed by atoms with Gasteiger partial charge in [-0.25, -0.2) is 4.98 Å². The van der Waals surface area contributed by atoms with Crippen LogP contribution in [0.25, 0.3) is 11.0 Å². The molecule has 0 aliphatic heterocycles. The minimum Gasteiger partial charge on any atom is -0.321 e. The number of imidazole rings is 1. The van der Waals surface area contributed by atoms with Gasteiger partial charge in [0.1, 0.15) is 5.82 Å². The SMILES string of the molecule is CCC(CC)(CC)n1c(CCCl)nc2cccc(Cl)c21. The molecule has 20 heavy (non-hydrogen) atoms. The van der Waals surface area contributed by atoms with E-state index in [9.17, 15) is 0 Å². The van der Waals surface area contributed by atoms with Crippen molar-refractivity contribution in [2.24, 2.45) is 0 Å². The van der Waals surface area contributed by atoms with Crippen LogP contribution in [0, 0.1) is 0 Å². The highest BCUT2D eigenvalue weighted by atomic mass is 35.5. The lowest BCUT2D eigenvalue weighted by atomic mass is 9.89. The highest BCUT2D eigenvalue weighted by Gasteiger charge is 2.31. The number of halogens is 2. The Hall–Kier alpha value is -0.730. The number of nitrogens with zero attached hydrogens (tertiary/aromatic N) is 2. The fraction of sp³-hybridized carbons (Fsp3) is 0.562. The van der Waals surface area contributed by atoms with E-state index >= 15 is 0 Å². The Kier molecular flexibility index (Phi) is 4.98. The van der Waals surface area contributed by atoms with Gasteiger partial charge in [0.25, 0.3) is 0 Å². The Morgan fingerprint density at radius 3 is 2.35 bits per heavy atom. The van der Waals surface area contributed by atoms with Crippen LogP contribution in [0.1, 0.15) is 45.9 Å². The second-order valence-electron chi connectivity index (χ2n) is 5.19. The number of benzene rings is 1. The fourth-order valence-corrected chi connectivity index (χ4v) is 3.54. The highest BCUT2D eigenvalue weighted by molar-refractivity contribution is 6.35. The first kappa shape index (κ1) is 15.7. The molecule has 2 nitrogen and oxygen atoms in total. The number of aryl methyl sites for hydroxylation is 1. The summed E-state index contributed by atoms with van der Waals surface area (Å²) in [4.78, 5) is 4.77. The molecule has 0 aliphatic carbocycles. The van der Waals surface area contributed by atoms with Gasteiger partial charge in [-0.15, -0.1) is 11.6 Å². The molecule has 1 heterocycles. The smallest absolute Gasteiger partial charge is 0.111 e. The predicted octanol–water partition coefficient (Wildman–Crippen LogP) is 5.40. The van der Waals surface area contributed by atoms with E-state index in [1.54, 1.807) is 0 Å². The van der Waals surface area contributed by atoms with Crippen LogP contribution in [0.3, 0.4) is 0 Å². The first-order chi connectivity index (χ1) is 9.63. The topological polar surface area (TPSA) is 17.8 Å². The average Bonchev–Trinajstić information content (AvgIpc) is 2.83. The Morgan fingerprint density at radius 1 is 1.15 bits per heavy atom. The van der Waals surface area contributed by atoms with Crippen LogP contribution < -0.4 is 0 Å². The van der Waals surface area contributed by atoms with Crippen molar-refractivity contribution >= 4 is 34.2 Å². The second-order valence-corrected chi connectivity index (χ2v) is 5.98. The van der Waals surface area contributed by atoms with Crippen molar-refractivity contribution in [1.29, 1.82) is 0 Å². The van der Waals surface area contributed by atoms with Crippen LogP contribution in [-0.2, 0) is 12.0 Å². The lowest BCUT2D eigenvalue weighted by Gasteiger charge is -2.35. The molecule has 4 heteroatoms. The molecule has 0 aliphatic rings. The maximum absolute atomic E-state index is 6.46. The summed E-state index contributed by atoms with van der Waals surface area (Å²) >= 11 is 12.4. The van der Waals surface area contributed by atoms with E-state index in [0.29, 0.717) is 5.88 Å². The fourth-order valence-electron chi connectivity index (χ4n) is 3.12. The highest BCUT2D eigenvalue weighted by Crippen LogP contribution is 2.37. The third-order valence-corrected chi connectivity index (χ3v) is 4.96. The molecule has 0 radical (unpaired) electrons. The largest absolute Gasteiger partial charge is 0.321 e. The van der Waals surface area contributed by atoms with Crippen molar-refractivity contribution in [3.63, 3.8) is 0 Å². The Morgan fingerprint density at radius 2 is 1.80 bits per heavy atom. The Bertz CT molecular complexity index is 577. The molecular formula is C16H22Cl2N2. The molecule has 0 amide bonds. The molecule has 0 atom stereocenters. The molecule has 1 aromatic carbocycles. The van der Waals surface area contributed by atoms with Gasteiger partial charge in [-0.1, -0.05) is 38.4 Å². The van der Waals surface area contributed by atoms with E-state index in [-0.39, 0.29) is 5.54 Å². The first-order valence-electron chi connectivity index (χ1n) is 7.35. The van der Waals surface area contributed by atoms with E-state index in [0.717, 1.165) is 47.6 Å². The van der Waals surface area contributed by atoms with Gasteiger partial charge in [-0.2, -0.15) is 0 Å². The van der Waals surface area contributed by atoms with E-state index < -0.39 is 0 Å².